The van der Waals surface area contributed by atoms with Gasteiger partial charge in [0.2, 0.25) is 0 Å². The van der Waals surface area contributed by atoms with Crippen LogP contribution < -0.4 is 10.2 Å². The summed E-state index contributed by atoms with van der Waals surface area (Å²) in [6.07, 6.45) is 4.92. The van der Waals surface area contributed by atoms with E-state index in [9.17, 15) is 9.50 Å². The minimum atomic E-state index is -1.25. The number of aliphatic hydroxyl groups is 1. The van der Waals surface area contributed by atoms with Gasteiger partial charge in [0.1, 0.15) is 5.67 Å². The lowest BCUT2D eigenvalue weighted by Crippen LogP contribution is -2.38. The molecule has 3 aromatic rings. The zero-order valence-electron chi connectivity index (χ0n) is 17.8. The quantitative estimate of drug-likeness (QED) is 0.367. The second-order valence-electron chi connectivity index (χ2n) is 8.69. The van der Waals surface area contributed by atoms with Crippen LogP contribution in [0.3, 0.4) is 0 Å². The van der Waals surface area contributed by atoms with Gasteiger partial charge in [0.05, 0.1) is 12.2 Å². The number of nitrogens with zero attached hydrogens (tertiary/aromatic N) is 4. The highest BCUT2D eigenvalue weighted by molar-refractivity contribution is 14.1. The maximum Gasteiger partial charge on any atom is 0.184 e. The Bertz CT molecular complexity index is 1120. The SMILES string of the molecule is CC1(F)CCN(c2nccc(-c3ccccc3I)c2NC(O)N2Cc3ccncc3C2)C1. The first-order chi connectivity index (χ1) is 15.4. The number of anilines is 2. The summed E-state index contributed by atoms with van der Waals surface area (Å²) in [6, 6.07) is 12.0. The largest absolute Gasteiger partial charge is 0.361 e. The molecule has 0 aliphatic carbocycles. The molecular formula is C24H25FIN5O. The molecule has 2 aliphatic heterocycles. The third-order valence-electron chi connectivity index (χ3n) is 6.19. The molecule has 6 nitrogen and oxygen atoms in total. The van der Waals surface area contributed by atoms with Crippen molar-refractivity contribution in [2.24, 2.45) is 0 Å². The van der Waals surface area contributed by atoms with Gasteiger partial charge in [0.15, 0.2) is 12.2 Å². The third kappa shape index (κ3) is 4.18. The number of nitrogens with one attached hydrogen (secondary N) is 1. The molecule has 1 fully saturated rings. The molecule has 8 heteroatoms. The number of fused-ring (bicyclic) bond motifs is 1. The Morgan fingerprint density at radius 2 is 1.94 bits per heavy atom. The number of hydrogen-bond acceptors (Lipinski definition) is 6. The molecule has 0 bridgehead atoms. The van der Waals surface area contributed by atoms with Crippen molar-refractivity contribution >= 4 is 34.1 Å². The molecule has 32 heavy (non-hydrogen) atoms. The smallest absolute Gasteiger partial charge is 0.184 e. The Morgan fingerprint density at radius 1 is 1.12 bits per heavy atom. The summed E-state index contributed by atoms with van der Waals surface area (Å²) >= 11 is 2.32. The zero-order chi connectivity index (χ0) is 22.3. The normalized spacial score (nSPS) is 21.6. The summed E-state index contributed by atoms with van der Waals surface area (Å²) in [5, 5.41) is 14.5. The Labute approximate surface area is 200 Å². The van der Waals surface area contributed by atoms with Gasteiger partial charge in [-0.05, 0) is 64.4 Å². The van der Waals surface area contributed by atoms with Crippen LogP contribution in [-0.4, -0.2) is 45.1 Å². The van der Waals surface area contributed by atoms with Gasteiger partial charge in [-0.15, -0.1) is 0 Å². The molecule has 2 atom stereocenters. The Hall–Kier alpha value is -2.30. The van der Waals surface area contributed by atoms with Crippen LogP contribution in [-0.2, 0) is 13.1 Å². The average Bonchev–Trinajstić information content (AvgIpc) is 3.37. The third-order valence-corrected chi connectivity index (χ3v) is 7.13. The standard InChI is InChI=1S/C24H25FIN5O/c1-24(25)8-11-30(15-24)22-21(19(7-10-28-22)18-4-2-3-5-20(18)26)29-23(32)31-13-16-6-9-27-12-17(16)14-31/h2-7,9-10,12,23,29,32H,8,11,13-15H2,1H3. The van der Waals surface area contributed by atoms with Crippen LogP contribution in [0, 0.1) is 3.57 Å². The van der Waals surface area contributed by atoms with Crippen molar-refractivity contribution in [2.45, 2.75) is 38.5 Å². The van der Waals surface area contributed by atoms with Gasteiger partial charge in [-0.1, -0.05) is 18.2 Å². The summed E-state index contributed by atoms with van der Waals surface area (Å²) < 4.78 is 15.8. The van der Waals surface area contributed by atoms with Crippen LogP contribution in [0.15, 0.2) is 55.0 Å². The predicted octanol–water partition coefficient (Wildman–Crippen LogP) is 4.39. The van der Waals surface area contributed by atoms with Crippen LogP contribution >= 0.6 is 22.6 Å². The summed E-state index contributed by atoms with van der Waals surface area (Å²) in [5.74, 6) is 0.668. The summed E-state index contributed by atoms with van der Waals surface area (Å²) in [4.78, 5) is 12.7. The first-order valence-electron chi connectivity index (χ1n) is 10.7. The Balaban J connectivity index is 1.51. The summed E-state index contributed by atoms with van der Waals surface area (Å²) in [7, 11) is 0. The molecular weight excluding hydrogens is 520 g/mol. The van der Waals surface area contributed by atoms with Crippen LogP contribution in [0.5, 0.6) is 0 Å². The highest BCUT2D eigenvalue weighted by atomic mass is 127. The van der Waals surface area contributed by atoms with E-state index in [1.54, 1.807) is 19.3 Å². The molecule has 4 heterocycles. The number of pyridine rings is 2. The number of rotatable bonds is 5. The minimum Gasteiger partial charge on any atom is -0.361 e. The summed E-state index contributed by atoms with van der Waals surface area (Å²) in [5.41, 5.74) is 3.73. The van der Waals surface area contributed by atoms with E-state index in [0.29, 0.717) is 31.9 Å². The van der Waals surface area contributed by atoms with E-state index in [4.69, 9.17) is 0 Å². The monoisotopic (exact) mass is 545 g/mol. The van der Waals surface area contributed by atoms with Crippen LogP contribution in [0.25, 0.3) is 11.1 Å². The Kier molecular flexibility index (Phi) is 5.77. The van der Waals surface area contributed by atoms with Crippen molar-refractivity contribution < 1.29 is 9.50 Å². The molecule has 2 N–H and O–H groups in total. The lowest BCUT2D eigenvalue weighted by molar-refractivity contribution is 0.0232. The van der Waals surface area contributed by atoms with Crippen molar-refractivity contribution in [1.82, 2.24) is 14.9 Å². The van der Waals surface area contributed by atoms with Crippen LogP contribution in [0.1, 0.15) is 24.5 Å². The fourth-order valence-electron chi connectivity index (χ4n) is 4.48. The molecule has 2 aromatic heterocycles. The molecule has 2 unspecified atom stereocenters. The van der Waals surface area contributed by atoms with Crippen molar-refractivity contribution in [3.05, 3.63) is 69.7 Å². The highest BCUT2D eigenvalue weighted by Gasteiger charge is 2.36. The van der Waals surface area contributed by atoms with Gasteiger partial charge in [0.25, 0.3) is 0 Å². The van der Waals surface area contributed by atoms with E-state index in [1.165, 1.54) is 0 Å². The lowest BCUT2D eigenvalue weighted by atomic mass is 10.0. The molecule has 166 valence electrons. The van der Waals surface area contributed by atoms with Gasteiger partial charge in [-0.3, -0.25) is 9.88 Å². The summed E-state index contributed by atoms with van der Waals surface area (Å²) in [6.45, 7) is 3.74. The fourth-order valence-corrected chi connectivity index (χ4v) is 5.16. The van der Waals surface area contributed by atoms with E-state index >= 15 is 0 Å². The van der Waals surface area contributed by atoms with Crippen molar-refractivity contribution in [3.8, 4) is 11.1 Å². The van der Waals surface area contributed by atoms with Gasteiger partial charge < -0.3 is 15.3 Å². The van der Waals surface area contributed by atoms with E-state index in [2.05, 4.69) is 50.0 Å². The zero-order valence-corrected chi connectivity index (χ0v) is 20.0. The number of aliphatic hydroxyl groups excluding tert-OH is 1. The average molecular weight is 545 g/mol. The topological polar surface area (TPSA) is 64.5 Å². The molecule has 0 spiro atoms. The van der Waals surface area contributed by atoms with Crippen molar-refractivity contribution in [1.29, 1.82) is 0 Å². The number of alkyl halides is 1. The van der Waals surface area contributed by atoms with E-state index in [-0.39, 0.29) is 6.54 Å². The molecule has 0 radical (unpaired) electrons. The second kappa shape index (κ2) is 8.57. The number of hydrogen-bond donors (Lipinski definition) is 2. The van der Waals surface area contributed by atoms with Crippen LogP contribution in [0.4, 0.5) is 15.9 Å². The molecule has 1 aromatic carbocycles. The first kappa shape index (κ1) is 21.5. The number of aromatic nitrogens is 2. The van der Waals surface area contributed by atoms with Gasteiger partial charge in [0, 0.05) is 53.8 Å². The maximum absolute atomic E-state index is 14.7. The lowest BCUT2D eigenvalue weighted by Gasteiger charge is -2.29. The Morgan fingerprint density at radius 3 is 2.69 bits per heavy atom. The van der Waals surface area contributed by atoms with Crippen LogP contribution in [0.2, 0.25) is 0 Å². The molecule has 2 aliphatic rings. The van der Waals surface area contributed by atoms with Gasteiger partial charge in [-0.25, -0.2) is 9.37 Å². The van der Waals surface area contributed by atoms with Crippen molar-refractivity contribution in [3.63, 3.8) is 0 Å². The first-order valence-corrected chi connectivity index (χ1v) is 11.8. The minimum absolute atomic E-state index is 0.279. The van der Waals surface area contributed by atoms with Gasteiger partial charge >= 0.3 is 0 Å². The number of benzene rings is 1. The molecule has 0 amide bonds. The van der Waals surface area contributed by atoms with E-state index in [0.717, 1.165) is 31.5 Å². The predicted molar refractivity (Wildman–Crippen MR) is 132 cm³/mol. The maximum atomic E-state index is 14.7. The molecule has 5 rings (SSSR count). The van der Waals surface area contributed by atoms with E-state index in [1.807, 2.05) is 40.3 Å². The van der Waals surface area contributed by atoms with Gasteiger partial charge in [-0.2, -0.15) is 0 Å². The fraction of sp³-hybridized carbons (Fsp3) is 0.333. The van der Waals surface area contributed by atoms with Crippen molar-refractivity contribution in [2.75, 3.05) is 23.3 Å². The second-order valence-corrected chi connectivity index (χ2v) is 9.85. The number of halogens is 2. The van der Waals surface area contributed by atoms with E-state index < -0.39 is 12.0 Å². The molecule has 0 saturated carbocycles. The molecule has 1 saturated heterocycles. The highest BCUT2D eigenvalue weighted by Crippen LogP contribution is 2.40.